The molecular weight excluding hydrogens is 250 g/mol. The number of hydrogen-bond acceptors (Lipinski definition) is 6. The van der Waals surface area contributed by atoms with Crippen molar-refractivity contribution in [2.45, 2.75) is 25.3 Å². The molecular formula is C12H19N3O4. The van der Waals surface area contributed by atoms with Gasteiger partial charge in [-0.2, -0.15) is 0 Å². The van der Waals surface area contributed by atoms with Gasteiger partial charge in [-0.05, 0) is 19.9 Å². The normalized spacial score (nSPS) is 11.9. The number of nitrogens with one attached hydrogen (secondary N) is 1. The van der Waals surface area contributed by atoms with Crippen LogP contribution in [0.2, 0.25) is 0 Å². The Labute approximate surface area is 111 Å². The van der Waals surface area contributed by atoms with E-state index < -0.39 is 6.09 Å². The molecule has 0 fully saturated rings. The molecule has 0 bridgehead atoms. The van der Waals surface area contributed by atoms with Gasteiger partial charge < -0.3 is 14.8 Å². The molecule has 0 amide bonds. The molecule has 0 saturated carbocycles. The quantitative estimate of drug-likeness (QED) is 0.737. The number of aromatic nitrogens is 2. The van der Waals surface area contributed by atoms with Gasteiger partial charge in [0.2, 0.25) is 0 Å². The molecule has 0 aliphatic rings. The number of nitrogens with zero attached hydrogens (tertiary/aromatic N) is 2. The van der Waals surface area contributed by atoms with Crippen LogP contribution in [-0.2, 0) is 14.3 Å². The molecule has 0 aliphatic carbocycles. The molecule has 1 aromatic rings. The van der Waals surface area contributed by atoms with E-state index in [-0.39, 0.29) is 18.6 Å². The van der Waals surface area contributed by atoms with E-state index in [0.29, 0.717) is 12.8 Å². The summed E-state index contributed by atoms with van der Waals surface area (Å²) in [4.78, 5) is 26.3. The van der Waals surface area contributed by atoms with Gasteiger partial charge in [-0.1, -0.05) is 0 Å². The summed E-state index contributed by atoms with van der Waals surface area (Å²) in [6.45, 7) is 0.245. The maximum absolute atomic E-state index is 11.6. The van der Waals surface area contributed by atoms with Crippen LogP contribution in [0.1, 0.15) is 19.3 Å². The average Bonchev–Trinajstić information content (AvgIpc) is 2.96. The van der Waals surface area contributed by atoms with Crippen LogP contribution < -0.4 is 5.32 Å². The highest BCUT2D eigenvalue weighted by molar-refractivity contribution is 5.70. The molecule has 0 spiro atoms. The molecule has 0 aliphatic heterocycles. The van der Waals surface area contributed by atoms with Crippen molar-refractivity contribution in [3.63, 3.8) is 0 Å². The number of ether oxygens (including phenoxy) is 2. The zero-order chi connectivity index (χ0) is 14.1. The summed E-state index contributed by atoms with van der Waals surface area (Å²) in [6, 6.07) is 0.0112. The summed E-state index contributed by atoms with van der Waals surface area (Å²) in [5.41, 5.74) is 0. The van der Waals surface area contributed by atoms with Crippen molar-refractivity contribution in [1.82, 2.24) is 14.9 Å². The third-order valence-corrected chi connectivity index (χ3v) is 2.69. The van der Waals surface area contributed by atoms with Crippen LogP contribution >= 0.6 is 0 Å². The van der Waals surface area contributed by atoms with Gasteiger partial charge in [-0.15, -0.1) is 0 Å². The van der Waals surface area contributed by atoms with Crippen molar-refractivity contribution < 1.29 is 19.1 Å². The van der Waals surface area contributed by atoms with E-state index in [2.05, 4.69) is 15.0 Å². The lowest BCUT2D eigenvalue weighted by atomic mass is 10.1. The fourth-order valence-corrected chi connectivity index (χ4v) is 1.52. The van der Waals surface area contributed by atoms with Crippen LogP contribution in [0.3, 0.4) is 0 Å². The first kappa shape index (κ1) is 15.2. The lowest BCUT2D eigenvalue weighted by molar-refractivity contribution is -0.140. The summed E-state index contributed by atoms with van der Waals surface area (Å²) >= 11 is 0. The van der Waals surface area contributed by atoms with E-state index in [1.165, 1.54) is 30.4 Å². The molecule has 0 aromatic carbocycles. The number of carbonyl (C=O) groups excluding carboxylic acids is 2. The van der Waals surface area contributed by atoms with E-state index in [4.69, 9.17) is 4.74 Å². The highest BCUT2D eigenvalue weighted by Crippen LogP contribution is 2.03. The van der Waals surface area contributed by atoms with Gasteiger partial charge in [-0.25, -0.2) is 14.3 Å². The number of likely N-dealkylation sites (N-methyl/N-ethyl adjacent to an activating group) is 1. The number of carbonyl (C=O) groups is 2. The van der Waals surface area contributed by atoms with Gasteiger partial charge in [0.05, 0.1) is 7.11 Å². The maximum Gasteiger partial charge on any atom is 0.419 e. The first-order valence-corrected chi connectivity index (χ1v) is 6.06. The zero-order valence-corrected chi connectivity index (χ0v) is 11.2. The Hall–Kier alpha value is -1.89. The maximum atomic E-state index is 11.6. The van der Waals surface area contributed by atoms with Crippen LogP contribution in [0.5, 0.6) is 0 Å². The van der Waals surface area contributed by atoms with Gasteiger partial charge in [0.15, 0.2) is 0 Å². The van der Waals surface area contributed by atoms with Crippen molar-refractivity contribution >= 4 is 12.1 Å². The molecule has 106 valence electrons. The Kier molecular flexibility index (Phi) is 6.59. The predicted octanol–water partition coefficient (Wildman–Crippen LogP) is 0.799. The number of hydrogen-bond donors (Lipinski definition) is 1. The lowest BCUT2D eigenvalue weighted by Crippen LogP contribution is -2.32. The molecule has 1 aromatic heterocycles. The molecule has 0 unspecified atom stereocenters. The topological polar surface area (TPSA) is 82.5 Å². The van der Waals surface area contributed by atoms with Crippen LogP contribution in [-0.4, -0.2) is 48.4 Å². The monoisotopic (exact) mass is 269 g/mol. The Morgan fingerprint density at radius 1 is 1.47 bits per heavy atom. The summed E-state index contributed by atoms with van der Waals surface area (Å²) in [5, 5.41) is 3.04. The zero-order valence-electron chi connectivity index (χ0n) is 11.2. The van der Waals surface area contributed by atoms with Crippen molar-refractivity contribution in [3.05, 3.63) is 18.7 Å². The van der Waals surface area contributed by atoms with Crippen LogP contribution in [0.15, 0.2) is 18.7 Å². The third kappa shape index (κ3) is 5.52. The number of esters is 1. The second-order valence-electron chi connectivity index (χ2n) is 4.00. The molecule has 19 heavy (non-hydrogen) atoms. The first-order chi connectivity index (χ1) is 9.17. The summed E-state index contributed by atoms with van der Waals surface area (Å²) in [5.74, 6) is -0.231. The Morgan fingerprint density at radius 2 is 2.26 bits per heavy atom. The van der Waals surface area contributed by atoms with Gasteiger partial charge >= 0.3 is 12.1 Å². The van der Waals surface area contributed by atoms with E-state index in [0.717, 1.165) is 6.42 Å². The molecule has 7 nitrogen and oxygen atoms in total. The molecule has 1 rings (SSSR count). The van der Waals surface area contributed by atoms with Crippen LogP contribution in [0.25, 0.3) is 0 Å². The van der Waals surface area contributed by atoms with Crippen molar-refractivity contribution in [3.8, 4) is 0 Å². The molecule has 0 radical (unpaired) electrons. The average molecular weight is 269 g/mol. The van der Waals surface area contributed by atoms with Crippen LogP contribution in [0.4, 0.5) is 4.79 Å². The van der Waals surface area contributed by atoms with Gasteiger partial charge in [0.25, 0.3) is 0 Å². The summed E-state index contributed by atoms with van der Waals surface area (Å²) in [6.07, 6.45) is 5.72. The van der Waals surface area contributed by atoms with Crippen molar-refractivity contribution in [2.75, 3.05) is 20.8 Å². The number of imidazole rings is 1. The highest BCUT2D eigenvalue weighted by Gasteiger charge is 2.12. The van der Waals surface area contributed by atoms with Crippen molar-refractivity contribution in [2.24, 2.45) is 0 Å². The molecule has 0 saturated heterocycles. The Balaban J connectivity index is 2.25. The van der Waals surface area contributed by atoms with Gasteiger partial charge in [0, 0.05) is 24.9 Å². The second-order valence-corrected chi connectivity index (χ2v) is 4.00. The standard InChI is InChI=1S/C12H19N3O4/c1-13-10(4-3-5-11(16)18-2)8-19-12(17)15-7-6-14-9-15/h6-7,9-10,13H,3-5,8H2,1-2H3/t10-/m0/s1. The molecule has 1 N–H and O–H groups in total. The van der Waals surface area contributed by atoms with E-state index in [9.17, 15) is 9.59 Å². The molecule has 1 heterocycles. The highest BCUT2D eigenvalue weighted by atomic mass is 16.5. The predicted molar refractivity (Wildman–Crippen MR) is 67.7 cm³/mol. The molecule has 1 atom stereocenters. The molecule has 7 heteroatoms. The van der Waals surface area contributed by atoms with E-state index in [1.54, 1.807) is 7.05 Å². The van der Waals surface area contributed by atoms with E-state index >= 15 is 0 Å². The van der Waals surface area contributed by atoms with E-state index in [1.807, 2.05) is 0 Å². The Bertz CT molecular complexity index is 392. The first-order valence-electron chi connectivity index (χ1n) is 6.06. The smallest absolute Gasteiger partial charge is 0.419 e. The Morgan fingerprint density at radius 3 is 2.84 bits per heavy atom. The SMILES string of the molecule is CN[C@@H](CCCC(=O)OC)COC(=O)n1ccnc1. The minimum Gasteiger partial charge on any atom is -0.469 e. The second kappa shape index (κ2) is 8.25. The lowest BCUT2D eigenvalue weighted by Gasteiger charge is -2.15. The van der Waals surface area contributed by atoms with Crippen LogP contribution in [0, 0.1) is 0 Å². The van der Waals surface area contributed by atoms with Gasteiger partial charge in [0.1, 0.15) is 12.9 Å². The number of rotatable bonds is 7. The minimum absolute atomic E-state index is 0.0112. The summed E-state index contributed by atoms with van der Waals surface area (Å²) < 4.78 is 11.0. The van der Waals surface area contributed by atoms with Crippen molar-refractivity contribution in [1.29, 1.82) is 0 Å². The van der Waals surface area contributed by atoms with Gasteiger partial charge in [-0.3, -0.25) is 4.79 Å². The largest absolute Gasteiger partial charge is 0.469 e. The fraction of sp³-hybridized carbons (Fsp3) is 0.583. The number of methoxy groups -OCH3 is 1. The fourth-order valence-electron chi connectivity index (χ4n) is 1.52. The third-order valence-electron chi connectivity index (χ3n) is 2.69. The minimum atomic E-state index is -0.467. The summed E-state index contributed by atoms with van der Waals surface area (Å²) in [7, 11) is 3.15.